The highest BCUT2D eigenvalue weighted by Crippen LogP contribution is 2.22. The van der Waals surface area contributed by atoms with E-state index < -0.39 is 0 Å². The molecule has 3 amide bonds. The van der Waals surface area contributed by atoms with Crippen molar-refractivity contribution in [2.45, 2.75) is 46.5 Å². The van der Waals surface area contributed by atoms with Crippen LogP contribution in [0.4, 0.5) is 0 Å². The molecule has 0 spiro atoms. The zero-order chi connectivity index (χ0) is 18.4. The fourth-order valence-corrected chi connectivity index (χ4v) is 3.25. The highest BCUT2D eigenvalue weighted by molar-refractivity contribution is 6.21. The van der Waals surface area contributed by atoms with Crippen molar-refractivity contribution in [3.05, 3.63) is 35.4 Å². The number of benzene rings is 1. The van der Waals surface area contributed by atoms with Crippen LogP contribution in [0.15, 0.2) is 24.3 Å². The van der Waals surface area contributed by atoms with Crippen LogP contribution in [0.5, 0.6) is 0 Å². The minimum absolute atomic E-state index is 0.103. The Morgan fingerprint density at radius 2 is 1.60 bits per heavy atom. The first-order valence-corrected chi connectivity index (χ1v) is 9.26. The van der Waals surface area contributed by atoms with Gasteiger partial charge in [-0.05, 0) is 31.4 Å². The lowest BCUT2D eigenvalue weighted by Crippen LogP contribution is -2.36. The topological polar surface area (TPSA) is 57.7 Å². The Bertz CT molecular complexity index is 603. The zero-order valence-electron chi connectivity index (χ0n) is 15.5. The van der Waals surface area contributed by atoms with E-state index in [9.17, 15) is 14.4 Å². The Morgan fingerprint density at radius 3 is 2.08 bits per heavy atom. The van der Waals surface area contributed by atoms with Gasteiger partial charge in [-0.2, -0.15) is 0 Å². The average Bonchev–Trinajstić information content (AvgIpc) is 2.88. The molecule has 2 rings (SSSR count). The first-order valence-electron chi connectivity index (χ1n) is 9.26. The van der Waals surface area contributed by atoms with Gasteiger partial charge in [0.2, 0.25) is 5.91 Å². The monoisotopic (exact) mass is 344 g/mol. The van der Waals surface area contributed by atoms with Gasteiger partial charge in [-0.1, -0.05) is 38.8 Å². The molecule has 0 atom stereocenters. The van der Waals surface area contributed by atoms with Crippen LogP contribution in [-0.2, 0) is 4.79 Å². The number of carbonyl (C=O) groups is 3. The number of fused-ring (bicyclic) bond motifs is 1. The van der Waals surface area contributed by atoms with Crippen molar-refractivity contribution in [2.75, 3.05) is 19.6 Å². The third kappa shape index (κ3) is 4.27. The molecule has 25 heavy (non-hydrogen) atoms. The third-order valence-corrected chi connectivity index (χ3v) is 5.02. The number of carbonyl (C=O) groups excluding carboxylic acids is 3. The van der Waals surface area contributed by atoms with Crippen molar-refractivity contribution in [1.29, 1.82) is 0 Å². The molecule has 1 heterocycles. The van der Waals surface area contributed by atoms with Gasteiger partial charge in [-0.15, -0.1) is 0 Å². The maximum atomic E-state index is 12.4. The fraction of sp³-hybridized carbons (Fsp3) is 0.550. The van der Waals surface area contributed by atoms with Crippen LogP contribution in [0.25, 0.3) is 0 Å². The maximum absolute atomic E-state index is 12.4. The summed E-state index contributed by atoms with van der Waals surface area (Å²) in [5, 5.41) is 0. The molecule has 1 aromatic carbocycles. The molecule has 0 radical (unpaired) electrons. The molecule has 0 bridgehead atoms. The van der Waals surface area contributed by atoms with Gasteiger partial charge in [-0.3, -0.25) is 19.3 Å². The van der Waals surface area contributed by atoms with Gasteiger partial charge in [0.15, 0.2) is 0 Å². The molecule has 0 unspecified atom stereocenters. The minimum Gasteiger partial charge on any atom is -0.343 e. The third-order valence-electron chi connectivity index (χ3n) is 5.02. The van der Waals surface area contributed by atoms with Crippen molar-refractivity contribution in [2.24, 2.45) is 5.92 Å². The first-order chi connectivity index (χ1) is 12.0. The Hall–Kier alpha value is -2.17. The summed E-state index contributed by atoms with van der Waals surface area (Å²) in [6.45, 7) is 8.06. The summed E-state index contributed by atoms with van der Waals surface area (Å²) in [4.78, 5) is 40.2. The molecule has 5 heteroatoms. The number of hydrogen-bond donors (Lipinski definition) is 0. The normalized spacial score (nSPS) is 13.5. The lowest BCUT2D eigenvalue weighted by atomic mass is 10.0. The van der Waals surface area contributed by atoms with E-state index >= 15 is 0 Å². The van der Waals surface area contributed by atoms with E-state index in [0.29, 0.717) is 43.0 Å². The summed E-state index contributed by atoms with van der Waals surface area (Å²) >= 11 is 0. The highest BCUT2D eigenvalue weighted by atomic mass is 16.2. The summed E-state index contributed by atoms with van der Waals surface area (Å²) < 4.78 is 0. The lowest BCUT2D eigenvalue weighted by Gasteiger charge is -2.25. The molecular formula is C20H28N2O3. The van der Waals surface area contributed by atoms with Crippen LogP contribution in [-0.4, -0.2) is 47.2 Å². The lowest BCUT2D eigenvalue weighted by molar-refractivity contribution is -0.131. The van der Waals surface area contributed by atoms with Gasteiger partial charge >= 0.3 is 0 Å². The second-order valence-corrected chi connectivity index (χ2v) is 6.53. The highest BCUT2D eigenvalue weighted by Gasteiger charge is 2.34. The van der Waals surface area contributed by atoms with Crippen LogP contribution in [0.2, 0.25) is 0 Å². The number of nitrogens with zero attached hydrogens (tertiary/aromatic N) is 2. The minimum atomic E-state index is -0.252. The predicted octanol–water partition coefficient (Wildman–Crippen LogP) is 3.35. The first kappa shape index (κ1) is 19.2. The molecule has 1 aliphatic rings. The smallest absolute Gasteiger partial charge is 0.261 e. The molecule has 0 saturated carbocycles. The summed E-state index contributed by atoms with van der Waals surface area (Å²) in [6, 6.07) is 6.87. The molecule has 0 fully saturated rings. The molecular weight excluding hydrogens is 316 g/mol. The van der Waals surface area contributed by atoms with Crippen LogP contribution < -0.4 is 0 Å². The van der Waals surface area contributed by atoms with Gasteiger partial charge < -0.3 is 4.90 Å². The zero-order valence-corrected chi connectivity index (χ0v) is 15.5. The van der Waals surface area contributed by atoms with Crippen LogP contribution in [0, 0.1) is 5.92 Å². The number of imide groups is 1. The van der Waals surface area contributed by atoms with E-state index in [4.69, 9.17) is 0 Å². The molecule has 1 aliphatic heterocycles. The summed E-state index contributed by atoms with van der Waals surface area (Å²) in [6.07, 6.45) is 3.00. The molecule has 5 nitrogen and oxygen atoms in total. The van der Waals surface area contributed by atoms with Crippen molar-refractivity contribution in [1.82, 2.24) is 9.80 Å². The molecule has 0 aromatic heterocycles. The molecule has 0 aliphatic carbocycles. The van der Waals surface area contributed by atoms with E-state index in [1.54, 1.807) is 24.3 Å². The van der Waals surface area contributed by atoms with E-state index in [-0.39, 0.29) is 17.7 Å². The average molecular weight is 344 g/mol. The predicted molar refractivity (Wildman–Crippen MR) is 97.4 cm³/mol. The van der Waals surface area contributed by atoms with Gasteiger partial charge in [-0.25, -0.2) is 0 Å². The molecule has 0 saturated heterocycles. The van der Waals surface area contributed by atoms with E-state index in [1.807, 2.05) is 11.8 Å². The van der Waals surface area contributed by atoms with Crippen molar-refractivity contribution < 1.29 is 14.4 Å². The molecule has 1 aromatic rings. The van der Waals surface area contributed by atoms with E-state index in [0.717, 1.165) is 19.4 Å². The number of rotatable bonds is 9. The summed E-state index contributed by atoms with van der Waals surface area (Å²) in [5.41, 5.74) is 0.922. The fourth-order valence-electron chi connectivity index (χ4n) is 3.25. The Labute approximate surface area is 150 Å². The standard InChI is InChI=1S/C20H28N2O3/c1-4-15(5-2)14-21(6-3)18(23)12-9-13-22-19(24)16-10-7-8-11-17(16)20(22)25/h7-8,10-11,15H,4-6,9,12-14H2,1-3H3. The summed E-state index contributed by atoms with van der Waals surface area (Å²) in [7, 11) is 0. The molecule has 0 N–H and O–H groups in total. The number of amides is 3. The SMILES string of the molecule is CCC(CC)CN(CC)C(=O)CCCN1C(=O)c2ccccc2C1=O. The number of hydrogen-bond acceptors (Lipinski definition) is 3. The Morgan fingerprint density at radius 1 is 1.04 bits per heavy atom. The van der Waals surface area contributed by atoms with Crippen LogP contribution >= 0.6 is 0 Å². The maximum Gasteiger partial charge on any atom is 0.261 e. The van der Waals surface area contributed by atoms with Gasteiger partial charge in [0.05, 0.1) is 11.1 Å². The Kier molecular flexibility index (Phi) is 6.73. The molecule has 136 valence electrons. The van der Waals surface area contributed by atoms with E-state index in [1.165, 1.54) is 4.90 Å². The van der Waals surface area contributed by atoms with Gasteiger partial charge in [0, 0.05) is 26.1 Å². The Balaban J connectivity index is 1.87. The van der Waals surface area contributed by atoms with Crippen LogP contribution in [0.3, 0.4) is 0 Å². The van der Waals surface area contributed by atoms with E-state index in [2.05, 4.69) is 13.8 Å². The van der Waals surface area contributed by atoms with Crippen molar-refractivity contribution in [3.63, 3.8) is 0 Å². The van der Waals surface area contributed by atoms with Crippen molar-refractivity contribution >= 4 is 17.7 Å². The van der Waals surface area contributed by atoms with Crippen LogP contribution in [0.1, 0.15) is 67.2 Å². The quantitative estimate of drug-likeness (QED) is 0.646. The van der Waals surface area contributed by atoms with Crippen molar-refractivity contribution in [3.8, 4) is 0 Å². The summed E-state index contributed by atoms with van der Waals surface area (Å²) in [5.74, 6) is 0.126. The largest absolute Gasteiger partial charge is 0.343 e. The second-order valence-electron chi connectivity index (χ2n) is 6.53. The van der Waals surface area contributed by atoms with Gasteiger partial charge in [0.25, 0.3) is 11.8 Å². The van der Waals surface area contributed by atoms with Gasteiger partial charge in [0.1, 0.15) is 0 Å². The second kappa shape index (κ2) is 8.79.